The fraction of sp³-hybridized carbons (Fsp3) is 0.462. The third-order valence-electron chi connectivity index (χ3n) is 7.58. The van der Waals surface area contributed by atoms with Crippen LogP contribution in [-0.4, -0.2) is 53.3 Å². The smallest absolute Gasteiger partial charge is 0.321 e. The Balaban J connectivity index is 1.12. The van der Waals surface area contributed by atoms with Crippen LogP contribution in [0.2, 0.25) is 0 Å². The van der Waals surface area contributed by atoms with Crippen LogP contribution < -0.4 is 5.32 Å². The van der Waals surface area contributed by atoms with Crippen LogP contribution in [0.1, 0.15) is 48.5 Å². The number of hydrogen-bond acceptors (Lipinski definition) is 3. The van der Waals surface area contributed by atoms with Gasteiger partial charge in [0.05, 0.1) is 0 Å². The molecule has 0 aromatic heterocycles. The highest BCUT2D eigenvalue weighted by molar-refractivity contribution is 5.96. The number of nitrogens with zero attached hydrogens (tertiary/aromatic N) is 2. The maximum atomic E-state index is 13.2. The van der Waals surface area contributed by atoms with E-state index in [0.717, 1.165) is 32.5 Å². The normalized spacial score (nSPS) is 24.1. The topological polar surface area (TPSA) is 52.7 Å². The number of carbonyl (C=O) groups excluding carboxylic acids is 2. The van der Waals surface area contributed by atoms with E-state index in [2.05, 4.69) is 10.2 Å². The van der Waals surface area contributed by atoms with E-state index >= 15 is 0 Å². The molecule has 2 aliphatic heterocycles. The number of amides is 2. The van der Waals surface area contributed by atoms with Crippen molar-refractivity contribution in [3.8, 4) is 0 Å². The molecule has 0 bridgehead atoms. The minimum absolute atomic E-state index is 0.00951. The van der Waals surface area contributed by atoms with Crippen molar-refractivity contribution in [1.82, 2.24) is 9.80 Å². The van der Waals surface area contributed by atoms with Crippen LogP contribution in [-0.2, 0) is 6.42 Å². The quantitative estimate of drug-likeness (QED) is 0.691. The number of anilines is 1. The average molecular weight is 436 g/mol. The zero-order valence-corrected chi connectivity index (χ0v) is 18.5. The number of rotatable bonds is 5. The van der Waals surface area contributed by atoms with Gasteiger partial charge in [-0.2, -0.15) is 0 Å². The summed E-state index contributed by atoms with van der Waals surface area (Å²) in [6.45, 7) is 4.28. The fourth-order valence-corrected chi connectivity index (χ4v) is 5.73. The molecular weight excluding hydrogens is 405 g/mol. The summed E-state index contributed by atoms with van der Waals surface area (Å²) >= 11 is 0. The molecule has 5 rings (SSSR count). The Morgan fingerprint density at radius 1 is 1.12 bits per heavy atom. The summed E-state index contributed by atoms with van der Waals surface area (Å²) in [6.07, 6.45) is 5.69. The van der Waals surface area contributed by atoms with Gasteiger partial charge in [-0.3, -0.25) is 9.69 Å². The number of urea groups is 1. The number of hydrogen-bond donors (Lipinski definition) is 1. The van der Waals surface area contributed by atoms with Gasteiger partial charge in [-0.05, 0) is 68.9 Å². The van der Waals surface area contributed by atoms with Gasteiger partial charge in [-0.25, -0.2) is 9.18 Å². The zero-order chi connectivity index (χ0) is 22.3. The summed E-state index contributed by atoms with van der Waals surface area (Å²) in [6, 6.07) is 15.0. The predicted molar refractivity (Wildman–Crippen MR) is 122 cm³/mol. The molecule has 2 unspecified atom stereocenters. The van der Waals surface area contributed by atoms with Crippen LogP contribution in [0, 0.1) is 11.2 Å². The molecule has 2 aromatic rings. The van der Waals surface area contributed by atoms with Gasteiger partial charge in [-0.1, -0.05) is 24.3 Å². The lowest BCUT2D eigenvalue weighted by molar-refractivity contribution is 0.00899. The summed E-state index contributed by atoms with van der Waals surface area (Å²) < 4.78 is 13.2. The Morgan fingerprint density at radius 3 is 2.59 bits per heavy atom. The van der Waals surface area contributed by atoms with Crippen LogP contribution in [0.15, 0.2) is 48.5 Å². The Bertz CT molecular complexity index is 1020. The van der Waals surface area contributed by atoms with E-state index in [4.69, 9.17) is 0 Å². The number of likely N-dealkylation sites (tertiary alicyclic amines) is 2. The first-order chi connectivity index (χ1) is 15.4. The number of halogens is 1. The van der Waals surface area contributed by atoms with Gasteiger partial charge in [0, 0.05) is 48.4 Å². The van der Waals surface area contributed by atoms with Crippen molar-refractivity contribution >= 4 is 17.5 Å². The summed E-state index contributed by atoms with van der Waals surface area (Å²) in [5, 5.41) is 2.94. The van der Waals surface area contributed by atoms with E-state index < -0.39 is 0 Å². The second-order valence-corrected chi connectivity index (χ2v) is 9.83. The molecule has 168 valence electrons. The van der Waals surface area contributed by atoms with Crippen LogP contribution in [0.3, 0.4) is 0 Å². The molecule has 6 heteroatoms. The molecule has 1 saturated carbocycles. The third kappa shape index (κ3) is 4.16. The molecule has 1 spiro atoms. The van der Waals surface area contributed by atoms with Gasteiger partial charge < -0.3 is 10.2 Å². The van der Waals surface area contributed by atoms with E-state index in [-0.39, 0.29) is 23.0 Å². The van der Waals surface area contributed by atoms with E-state index in [1.807, 2.05) is 23.1 Å². The molecule has 2 heterocycles. The molecule has 2 aromatic carbocycles. The first-order valence-electron chi connectivity index (χ1n) is 11.6. The van der Waals surface area contributed by atoms with Crippen molar-refractivity contribution in [3.05, 3.63) is 65.5 Å². The molecule has 2 saturated heterocycles. The van der Waals surface area contributed by atoms with Gasteiger partial charge in [0.15, 0.2) is 5.78 Å². The maximum absolute atomic E-state index is 13.2. The van der Waals surface area contributed by atoms with Crippen molar-refractivity contribution < 1.29 is 14.0 Å². The molecule has 2 amide bonds. The molecular formula is C26H30FN3O2. The van der Waals surface area contributed by atoms with Gasteiger partial charge >= 0.3 is 6.03 Å². The Hall–Kier alpha value is -2.73. The summed E-state index contributed by atoms with van der Waals surface area (Å²) in [4.78, 5) is 28.8. The minimum Gasteiger partial charge on any atom is -0.323 e. The summed E-state index contributed by atoms with van der Waals surface area (Å²) in [5.41, 5.74) is 2.72. The molecule has 3 aliphatic rings. The standard InChI is InChI=1S/C26H30FN3O2/c1-18(31)20-3-2-4-22(14-20)28-25(32)29-16-26(17-29)11-9-24(15-26)30-12-10-23(30)13-19-5-7-21(27)8-6-19/h2-8,14,23-24H,9-13,15-17H2,1H3,(H,28,32). The first-order valence-corrected chi connectivity index (χ1v) is 11.6. The Morgan fingerprint density at radius 2 is 1.91 bits per heavy atom. The number of ketones is 1. The van der Waals surface area contributed by atoms with E-state index in [9.17, 15) is 14.0 Å². The Kier molecular flexibility index (Phi) is 5.49. The molecule has 2 atom stereocenters. The summed E-state index contributed by atoms with van der Waals surface area (Å²) in [7, 11) is 0. The molecule has 0 radical (unpaired) electrons. The highest BCUT2D eigenvalue weighted by atomic mass is 19.1. The van der Waals surface area contributed by atoms with E-state index in [0.29, 0.717) is 23.3 Å². The lowest BCUT2D eigenvalue weighted by Gasteiger charge is -2.50. The van der Waals surface area contributed by atoms with E-state index in [1.165, 1.54) is 31.7 Å². The predicted octanol–water partition coefficient (Wildman–Crippen LogP) is 4.73. The lowest BCUT2D eigenvalue weighted by atomic mass is 9.78. The Labute approximate surface area is 188 Å². The largest absolute Gasteiger partial charge is 0.323 e. The lowest BCUT2D eigenvalue weighted by Crippen LogP contribution is -2.60. The molecule has 3 fully saturated rings. The van der Waals surface area contributed by atoms with Crippen molar-refractivity contribution in [2.75, 3.05) is 25.0 Å². The van der Waals surface area contributed by atoms with Gasteiger partial charge in [0.25, 0.3) is 0 Å². The van der Waals surface area contributed by atoms with Gasteiger partial charge in [0.2, 0.25) is 0 Å². The number of Topliss-reactive ketones (excluding diaryl/α,β-unsaturated/α-hetero) is 1. The molecule has 32 heavy (non-hydrogen) atoms. The molecule has 1 N–H and O–H groups in total. The van der Waals surface area contributed by atoms with Gasteiger partial charge in [-0.15, -0.1) is 0 Å². The first kappa shape index (κ1) is 21.1. The number of nitrogens with one attached hydrogen (secondary N) is 1. The van der Waals surface area contributed by atoms with Crippen molar-refractivity contribution in [2.45, 2.75) is 51.1 Å². The number of benzene rings is 2. The zero-order valence-electron chi connectivity index (χ0n) is 18.5. The summed E-state index contributed by atoms with van der Waals surface area (Å²) in [5.74, 6) is -0.188. The van der Waals surface area contributed by atoms with Crippen LogP contribution in [0.25, 0.3) is 0 Å². The van der Waals surface area contributed by atoms with Crippen LogP contribution in [0.5, 0.6) is 0 Å². The maximum Gasteiger partial charge on any atom is 0.321 e. The van der Waals surface area contributed by atoms with Crippen molar-refractivity contribution in [2.24, 2.45) is 5.41 Å². The average Bonchev–Trinajstić information content (AvgIpc) is 3.16. The van der Waals surface area contributed by atoms with Crippen LogP contribution in [0.4, 0.5) is 14.9 Å². The van der Waals surface area contributed by atoms with E-state index in [1.54, 1.807) is 30.3 Å². The minimum atomic E-state index is -0.179. The van der Waals surface area contributed by atoms with Gasteiger partial charge in [0.1, 0.15) is 5.82 Å². The highest BCUT2D eigenvalue weighted by Crippen LogP contribution is 2.48. The van der Waals surface area contributed by atoms with Crippen LogP contribution >= 0.6 is 0 Å². The fourth-order valence-electron chi connectivity index (χ4n) is 5.73. The second-order valence-electron chi connectivity index (χ2n) is 9.83. The second kappa shape index (κ2) is 8.32. The van der Waals surface area contributed by atoms with Crippen molar-refractivity contribution in [1.29, 1.82) is 0 Å². The SMILES string of the molecule is CC(=O)c1cccc(NC(=O)N2CC3(CCC(N4CCC4Cc4ccc(F)cc4)C3)C2)c1. The monoisotopic (exact) mass is 435 g/mol. The molecule has 5 nitrogen and oxygen atoms in total. The van der Waals surface area contributed by atoms with Crippen molar-refractivity contribution in [3.63, 3.8) is 0 Å². The molecule has 1 aliphatic carbocycles. The third-order valence-corrected chi connectivity index (χ3v) is 7.58. The number of carbonyl (C=O) groups is 2. The highest BCUT2D eigenvalue weighted by Gasteiger charge is 2.52.